The highest BCUT2D eigenvalue weighted by Crippen LogP contribution is 2.45. The van der Waals surface area contributed by atoms with Crippen molar-refractivity contribution in [1.82, 2.24) is 9.80 Å². The average Bonchev–Trinajstić information content (AvgIpc) is 2.77. The van der Waals surface area contributed by atoms with Crippen molar-refractivity contribution < 1.29 is 24.2 Å². The van der Waals surface area contributed by atoms with Gasteiger partial charge in [-0.1, -0.05) is 6.42 Å². The highest BCUT2D eigenvalue weighted by molar-refractivity contribution is 5.84. The summed E-state index contributed by atoms with van der Waals surface area (Å²) in [7, 11) is 1.66. The zero-order valence-electron chi connectivity index (χ0n) is 15.3. The number of ether oxygens (including phenoxy) is 1. The van der Waals surface area contributed by atoms with Gasteiger partial charge in [0.25, 0.3) is 0 Å². The molecule has 0 aromatic heterocycles. The number of rotatable bonds is 7. The summed E-state index contributed by atoms with van der Waals surface area (Å²) in [6.07, 6.45) is 5.87. The first kappa shape index (κ1) is 19.7. The molecule has 0 spiro atoms. The van der Waals surface area contributed by atoms with Crippen molar-refractivity contribution in [3.63, 3.8) is 0 Å². The quantitative estimate of drug-likeness (QED) is 0.749. The Hall–Kier alpha value is -1.63. The van der Waals surface area contributed by atoms with Crippen LogP contribution in [0, 0.1) is 5.41 Å². The first-order chi connectivity index (χ1) is 11.9. The molecule has 2 amide bonds. The standard InChI is InChI=1S/C18H30N2O5/c1-14(21)20(13-16(22)23)15-5-3-10-19(11-6-15)17(24)18(7-4-8-18)9-12-25-2/h15H,3-13H2,1-2H3,(H,22,23). The van der Waals surface area contributed by atoms with Crippen LogP contribution >= 0.6 is 0 Å². The van der Waals surface area contributed by atoms with Gasteiger partial charge in [-0.25, -0.2) is 0 Å². The number of carbonyl (C=O) groups is 3. The molecule has 142 valence electrons. The first-order valence-corrected chi connectivity index (χ1v) is 9.17. The smallest absolute Gasteiger partial charge is 0.323 e. The van der Waals surface area contributed by atoms with E-state index in [1.165, 1.54) is 11.8 Å². The lowest BCUT2D eigenvalue weighted by Crippen LogP contribution is -2.49. The van der Waals surface area contributed by atoms with E-state index >= 15 is 0 Å². The van der Waals surface area contributed by atoms with Crippen LogP contribution in [0.2, 0.25) is 0 Å². The van der Waals surface area contributed by atoms with Gasteiger partial charge in [0, 0.05) is 39.8 Å². The van der Waals surface area contributed by atoms with Crippen molar-refractivity contribution in [3.05, 3.63) is 0 Å². The largest absolute Gasteiger partial charge is 0.480 e. The Bertz CT molecular complexity index is 504. The molecule has 1 heterocycles. The van der Waals surface area contributed by atoms with Crippen LogP contribution in [-0.2, 0) is 19.1 Å². The van der Waals surface area contributed by atoms with E-state index in [2.05, 4.69) is 0 Å². The van der Waals surface area contributed by atoms with Gasteiger partial charge >= 0.3 is 5.97 Å². The van der Waals surface area contributed by atoms with Crippen LogP contribution in [0.5, 0.6) is 0 Å². The Morgan fingerprint density at radius 1 is 1.20 bits per heavy atom. The predicted molar refractivity (Wildman–Crippen MR) is 92.0 cm³/mol. The highest BCUT2D eigenvalue weighted by Gasteiger charge is 2.46. The molecule has 1 N–H and O–H groups in total. The fourth-order valence-corrected chi connectivity index (χ4v) is 4.04. The van der Waals surface area contributed by atoms with Gasteiger partial charge in [0.2, 0.25) is 11.8 Å². The van der Waals surface area contributed by atoms with Crippen LogP contribution in [0.1, 0.15) is 51.9 Å². The van der Waals surface area contributed by atoms with E-state index in [1.54, 1.807) is 7.11 Å². The number of methoxy groups -OCH3 is 1. The SMILES string of the molecule is COCCC1(C(=O)N2CCCC(N(CC(=O)O)C(C)=O)CC2)CCC1. The van der Waals surface area contributed by atoms with Crippen LogP contribution in [0.25, 0.3) is 0 Å². The number of carboxylic acids is 1. The van der Waals surface area contributed by atoms with Crippen molar-refractivity contribution >= 4 is 17.8 Å². The fraction of sp³-hybridized carbons (Fsp3) is 0.833. The van der Waals surface area contributed by atoms with Gasteiger partial charge < -0.3 is 19.6 Å². The third kappa shape index (κ3) is 4.71. The van der Waals surface area contributed by atoms with Gasteiger partial charge in [-0.3, -0.25) is 14.4 Å². The summed E-state index contributed by atoms with van der Waals surface area (Å²) in [4.78, 5) is 39.2. The second-order valence-electron chi connectivity index (χ2n) is 7.29. The molecule has 0 aromatic carbocycles. The molecule has 7 nitrogen and oxygen atoms in total. The summed E-state index contributed by atoms with van der Waals surface area (Å²) < 4.78 is 5.18. The number of carbonyl (C=O) groups excluding carboxylic acids is 2. The number of likely N-dealkylation sites (tertiary alicyclic amines) is 1. The summed E-state index contributed by atoms with van der Waals surface area (Å²) in [5.41, 5.74) is -0.267. The minimum Gasteiger partial charge on any atom is -0.480 e. The molecule has 0 aromatic rings. The fourth-order valence-electron chi connectivity index (χ4n) is 4.04. The number of nitrogens with zero attached hydrogens (tertiary/aromatic N) is 2. The third-order valence-electron chi connectivity index (χ3n) is 5.68. The van der Waals surface area contributed by atoms with Crippen LogP contribution in [-0.4, -0.2) is 72.1 Å². The van der Waals surface area contributed by atoms with Crippen molar-refractivity contribution in [3.8, 4) is 0 Å². The lowest BCUT2D eigenvalue weighted by Gasteiger charge is -2.43. The monoisotopic (exact) mass is 354 g/mol. The Morgan fingerprint density at radius 3 is 2.44 bits per heavy atom. The predicted octanol–water partition coefficient (Wildman–Crippen LogP) is 1.51. The van der Waals surface area contributed by atoms with E-state index in [0.717, 1.165) is 38.5 Å². The number of carboxylic acid groups (broad SMARTS) is 1. The maximum atomic E-state index is 13.0. The van der Waals surface area contributed by atoms with Gasteiger partial charge in [-0.2, -0.15) is 0 Å². The topological polar surface area (TPSA) is 87.2 Å². The van der Waals surface area contributed by atoms with Gasteiger partial charge in [0.1, 0.15) is 6.54 Å². The van der Waals surface area contributed by atoms with Crippen LogP contribution in [0.4, 0.5) is 0 Å². The van der Waals surface area contributed by atoms with Crippen molar-refractivity contribution in [1.29, 1.82) is 0 Å². The van der Waals surface area contributed by atoms with E-state index in [-0.39, 0.29) is 29.8 Å². The Kier molecular flexibility index (Phi) is 6.81. The average molecular weight is 354 g/mol. The zero-order chi connectivity index (χ0) is 18.4. The molecule has 0 radical (unpaired) electrons. The van der Waals surface area contributed by atoms with Crippen molar-refractivity contribution in [2.75, 3.05) is 33.4 Å². The minimum atomic E-state index is -1.000. The van der Waals surface area contributed by atoms with Gasteiger partial charge in [-0.15, -0.1) is 0 Å². The van der Waals surface area contributed by atoms with E-state index in [4.69, 9.17) is 9.84 Å². The zero-order valence-corrected chi connectivity index (χ0v) is 15.3. The number of hydrogen-bond donors (Lipinski definition) is 1. The first-order valence-electron chi connectivity index (χ1n) is 9.17. The number of hydrogen-bond acceptors (Lipinski definition) is 4. The molecule has 1 saturated heterocycles. The molecule has 25 heavy (non-hydrogen) atoms. The maximum Gasteiger partial charge on any atom is 0.323 e. The Labute approximate surface area is 149 Å². The summed E-state index contributed by atoms with van der Waals surface area (Å²) in [5, 5.41) is 9.03. The lowest BCUT2D eigenvalue weighted by atomic mass is 9.65. The third-order valence-corrected chi connectivity index (χ3v) is 5.68. The molecule has 1 atom stereocenters. The highest BCUT2D eigenvalue weighted by atomic mass is 16.5. The summed E-state index contributed by atoms with van der Waals surface area (Å²) in [6.45, 7) is 3.00. The molecule has 1 unspecified atom stereocenters. The van der Waals surface area contributed by atoms with Gasteiger partial charge in [-0.05, 0) is 38.5 Å². The normalized spacial score (nSPS) is 22.6. The molecule has 1 aliphatic heterocycles. The molecular formula is C18H30N2O5. The Balaban J connectivity index is 1.99. The van der Waals surface area contributed by atoms with E-state index in [9.17, 15) is 14.4 Å². The summed E-state index contributed by atoms with van der Waals surface area (Å²) in [5.74, 6) is -1.01. The molecule has 1 aliphatic carbocycles. The van der Waals surface area contributed by atoms with Gasteiger partial charge in [0.15, 0.2) is 0 Å². The lowest BCUT2D eigenvalue weighted by molar-refractivity contribution is -0.149. The van der Waals surface area contributed by atoms with Crippen molar-refractivity contribution in [2.24, 2.45) is 5.41 Å². The van der Waals surface area contributed by atoms with E-state index in [0.29, 0.717) is 26.1 Å². The van der Waals surface area contributed by atoms with Crippen molar-refractivity contribution in [2.45, 2.75) is 57.9 Å². The maximum absolute atomic E-state index is 13.0. The van der Waals surface area contributed by atoms with E-state index < -0.39 is 5.97 Å². The van der Waals surface area contributed by atoms with Crippen LogP contribution < -0.4 is 0 Å². The van der Waals surface area contributed by atoms with Gasteiger partial charge in [0.05, 0.1) is 5.41 Å². The molecule has 2 aliphatic rings. The summed E-state index contributed by atoms with van der Waals surface area (Å²) in [6, 6.07) is -0.109. The molecule has 1 saturated carbocycles. The van der Waals surface area contributed by atoms with E-state index in [1.807, 2.05) is 4.90 Å². The number of aliphatic carboxylic acids is 1. The second kappa shape index (κ2) is 8.65. The molecule has 2 rings (SSSR count). The molecule has 7 heteroatoms. The second-order valence-corrected chi connectivity index (χ2v) is 7.29. The summed E-state index contributed by atoms with van der Waals surface area (Å²) >= 11 is 0. The molecular weight excluding hydrogens is 324 g/mol. The van der Waals surface area contributed by atoms with Crippen LogP contribution in [0.3, 0.4) is 0 Å². The molecule has 0 bridgehead atoms. The van der Waals surface area contributed by atoms with Crippen LogP contribution in [0.15, 0.2) is 0 Å². The molecule has 2 fully saturated rings. The number of amides is 2. The minimum absolute atomic E-state index is 0.109. The Morgan fingerprint density at radius 2 is 1.92 bits per heavy atom.